The topological polar surface area (TPSA) is 58.4 Å². The maximum absolute atomic E-state index is 12.2. The Kier molecular flexibility index (Phi) is 4.35. The molecule has 1 heterocycles. The number of urea groups is 1. The summed E-state index contributed by atoms with van der Waals surface area (Å²) in [6, 6.07) is 2.04. The van der Waals surface area contributed by atoms with Crippen LogP contribution in [-0.4, -0.2) is 29.2 Å². The van der Waals surface area contributed by atoms with Crippen LogP contribution in [0.2, 0.25) is 0 Å². The summed E-state index contributed by atoms with van der Waals surface area (Å²) in [7, 11) is 1.86. The van der Waals surface area contributed by atoms with E-state index in [-0.39, 0.29) is 11.4 Å². The Morgan fingerprint density at radius 1 is 1.35 bits per heavy atom. The number of anilines is 1. The summed E-state index contributed by atoms with van der Waals surface area (Å²) in [6.45, 7) is 6.15. The van der Waals surface area contributed by atoms with Crippen LogP contribution in [0, 0.1) is 0 Å². The average molecular weight is 279 g/mol. The summed E-state index contributed by atoms with van der Waals surface area (Å²) < 4.78 is 5.27. The minimum atomic E-state index is -0.106. The van der Waals surface area contributed by atoms with E-state index in [9.17, 15) is 4.79 Å². The fraction of sp³-hybridized carbons (Fsp3) is 0.733. The predicted octanol–water partition coefficient (Wildman–Crippen LogP) is 3.77. The molecule has 5 nitrogen and oxygen atoms in total. The first-order valence-electron chi connectivity index (χ1n) is 7.39. The first kappa shape index (κ1) is 14.9. The number of rotatable bonds is 2. The molecule has 5 heteroatoms. The second kappa shape index (κ2) is 5.85. The van der Waals surface area contributed by atoms with Gasteiger partial charge in [-0.15, -0.1) is 0 Å². The lowest BCUT2D eigenvalue weighted by atomic mass is 9.93. The number of hydrogen-bond donors (Lipinski definition) is 1. The molecule has 1 fully saturated rings. The molecule has 0 spiro atoms. The molecule has 1 saturated carbocycles. The molecule has 0 radical (unpaired) electrons. The van der Waals surface area contributed by atoms with Gasteiger partial charge in [-0.25, -0.2) is 4.79 Å². The Balaban J connectivity index is 1.95. The minimum Gasteiger partial charge on any atom is -0.359 e. The van der Waals surface area contributed by atoms with E-state index in [0.717, 1.165) is 18.6 Å². The zero-order valence-corrected chi connectivity index (χ0v) is 12.9. The van der Waals surface area contributed by atoms with Gasteiger partial charge in [-0.2, -0.15) is 0 Å². The van der Waals surface area contributed by atoms with Crippen molar-refractivity contribution in [2.75, 3.05) is 12.4 Å². The Morgan fingerprint density at radius 3 is 2.55 bits per heavy atom. The van der Waals surface area contributed by atoms with Gasteiger partial charge in [0.25, 0.3) is 0 Å². The number of carbonyl (C=O) groups is 1. The van der Waals surface area contributed by atoms with Gasteiger partial charge >= 0.3 is 6.03 Å². The third-order valence-electron chi connectivity index (χ3n) is 3.93. The summed E-state index contributed by atoms with van der Waals surface area (Å²) in [4.78, 5) is 14.0. The summed E-state index contributed by atoms with van der Waals surface area (Å²) in [5.74, 6) is 1.26. The van der Waals surface area contributed by atoms with Crippen molar-refractivity contribution in [1.29, 1.82) is 0 Å². The fourth-order valence-corrected chi connectivity index (χ4v) is 2.52. The van der Waals surface area contributed by atoms with Crippen LogP contribution in [0.5, 0.6) is 0 Å². The molecule has 0 atom stereocenters. The normalized spacial score (nSPS) is 17.0. The molecule has 0 bridgehead atoms. The highest BCUT2D eigenvalue weighted by molar-refractivity contribution is 5.88. The van der Waals surface area contributed by atoms with E-state index >= 15 is 0 Å². The molecule has 2 amide bonds. The third kappa shape index (κ3) is 3.52. The summed E-state index contributed by atoms with van der Waals surface area (Å²) >= 11 is 0. The van der Waals surface area contributed by atoms with Crippen molar-refractivity contribution in [2.24, 2.45) is 0 Å². The van der Waals surface area contributed by atoms with Gasteiger partial charge in [-0.3, -0.25) is 5.32 Å². The van der Waals surface area contributed by atoms with Crippen LogP contribution in [0.15, 0.2) is 10.6 Å². The Morgan fingerprint density at radius 2 is 2.00 bits per heavy atom. The van der Waals surface area contributed by atoms with Gasteiger partial charge in [0.05, 0.1) is 0 Å². The van der Waals surface area contributed by atoms with Gasteiger partial charge in [0.15, 0.2) is 5.82 Å². The standard InChI is InChI=1S/C15H25N3O2/c1-15(2,3)12-10-13(17-20-12)16-14(19)18(4)11-8-6-5-7-9-11/h10-11H,5-9H2,1-4H3,(H,16,17,19). The molecule has 2 rings (SSSR count). The zero-order chi connectivity index (χ0) is 14.8. The number of amides is 2. The lowest BCUT2D eigenvalue weighted by molar-refractivity contribution is 0.186. The smallest absolute Gasteiger partial charge is 0.323 e. The molecular weight excluding hydrogens is 254 g/mol. The Hall–Kier alpha value is -1.52. The number of hydrogen-bond acceptors (Lipinski definition) is 3. The van der Waals surface area contributed by atoms with Gasteiger partial charge in [0.1, 0.15) is 5.76 Å². The third-order valence-corrected chi connectivity index (χ3v) is 3.93. The quantitative estimate of drug-likeness (QED) is 0.896. The lowest BCUT2D eigenvalue weighted by Crippen LogP contribution is -2.40. The number of nitrogens with one attached hydrogen (secondary N) is 1. The molecule has 20 heavy (non-hydrogen) atoms. The summed E-state index contributed by atoms with van der Waals surface area (Å²) in [5.41, 5.74) is -0.106. The van der Waals surface area contributed by atoms with Crippen LogP contribution in [0.4, 0.5) is 10.6 Å². The number of nitrogens with zero attached hydrogens (tertiary/aromatic N) is 2. The molecule has 0 saturated heterocycles. The van der Waals surface area contributed by atoms with E-state index < -0.39 is 0 Å². The van der Waals surface area contributed by atoms with E-state index in [1.807, 2.05) is 27.8 Å². The SMILES string of the molecule is CN(C(=O)Nc1cc(C(C)(C)C)on1)C1CCCCC1. The van der Waals surface area contributed by atoms with Crippen molar-refractivity contribution in [3.8, 4) is 0 Å². The van der Waals surface area contributed by atoms with Gasteiger partial charge in [-0.05, 0) is 12.8 Å². The molecular formula is C15H25N3O2. The van der Waals surface area contributed by atoms with E-state index in [0.29, 0.717) is 11.9 Å². The van der Waals surface area contributed by atoms with Crippen LogP contribution in [-0.2, 0) is 5.41 Å². The van der Waals surface area contributed by atoms with Crippen LogP contribution < -0.4 is 5.32 Å². The van der Waals surface area contributed by atoms with E-state index in [4.69, 9.17) is 4.52 Å². The fourth-order valence-electron chi connectivity index (χ4n) is 2.52. The number of aromatic nitrogens is 1. The van der Waals surface area contributed by atoms with E-state index in [2.05, 4.69) is 10.5 Å². The summed E-state index contributed by atoms with van der Waals surface area (Å²) in [6.07, 6.45) is 5.89. The van der Waals surface area contributed by atoms with E-state index in [1.165, 1.54) is 19.3 Å². The summed E-state index contributed by atoms with van der Waals surface area (Å²) in [5, 5.41) is 6.73. The molecule has 0 aromatic carbocycles. The van der Waals surface area contributed by atoms with Crippen LogP contribution in [0.1, 0.15) is 58.6 Å². The van der Waals surface area contributed by atoms with Crippen LogP contribution >= 0.6 is 0 Å². The highest BCUT2D eigenvalue weighted by atomic mass is 16.5. The van der Waals surface area contributed by atoms with Crippen molar-refractivity contribution in [1.82, 2.24) is 10.1 Å². The Labute approximate surface area is 120 Å². The van der Waals surface area contributed by atoms with Crippen molar-refractivity contribution in [3.05, 3.63) is 11.8 Å². The highest BCUT2D eigenvalue weighted by Crippen LogP contribution is 2.25. The molecule has 112 valence electrons. The lowest BCUT2D eigenvalue weighted by Gasteiger charge is -2.30. The largest absolute Gasteiger partial charge is 0.359 e. The Bertz CT molecular complexity index is 456. The first-order valence-corrected chi connectivity index (χ1v) is 7.39. The second-order valence-electron chi connectivity index (χ2n) is 6.66. The van der Waals surface area contributed by atoms with Gasteiger partial charge in [0.2, 0.25) is 0 Å². The number of carbonyl (C=O) groups excluding carboxylic acids is 1. The molecule has 1 aromatic heterocycles. The maximum atomic E-state index is 12.2. The average Bonchev–Trinajstić information content (AvgIpc) is 2.87. The molecule has 1 N–H and O–H groups in total. The monoisotopic (exact) mass is 279 g/mol. The molecule has 0 aliphatic heterocycles. The molecule has 1 aliphatic carbocycles. The van der Waals surface area contributed by atoms with Crippen molar-refractivity contribution in [3.63, 3.8) is 0 Å². The van der Waals surface area contributed by atoms with Crippen molar-refractivity contribution < 1.29 is 9.32 Å². The van der Waals surface area contributed by atoms with Gasteiger partial charge in [-0.1, -0.05) is 45.2 Å². The molecule has 1 aliphatic rings. The molecule has 1 aromatic rings. The van der Waals surface area contributed by atoms with Crippen LogP contribution in [0.25, 0.3) is 0 Å². The van der Waals surface area contributed by atoms with Gasteiger partial charge in [0, 0.05) is 24.6 Å². The van der Waals surface area contributed by atoms with Crippen molar-refractivity contribution >= 4 is 11.8 Å². The predicted molar refractivity (Wildman–Crippen MR) is 78.9 cm³/mol. The highest BCUT2D eigenvalue weighted by Gasteiger charge is 2.24. The van der Waals surface area contributed by atoms with Gasteiger partial charge < -0.3 is 9.42 Å². The van der Waals surface area contributed by atoms with E-state index in [1.54, 1.807) is 11.0 Å². The molecule has 0 unspecified atom stereocenters. The second-order valence-corrected chi connectivity index (χ2v) is 6.66. The maximum Gasteiger partial charge on any atom is 0.323 e. The minimum absolute atomic E-state index is 0.106. The van der Waals surface area contributed by atoms with Crippen molar-refractivity contribution in [2.45, 2.75) is 64.3 Å². The van der Waals surface area contributed by atoms with Crippen LogP contribution in [0.3, 0.4) is 0 Å². The first-order chi connectivity index (χ1) is 9.38. The zero-order valence-electron chi connectivity index (χ0n) is 12.9.